The van der Waals surface area contributed by atoms with Gasteiger partial charge in [-0.15, -0.1) is 5.06 Å². The van der Waals surface area contributed by atoms with Crippen molar-refractivity contribution in [2.75, 3.05) is 55.4 Å². The Hall–Kier alpha value is -3.06. The molecule has 1 amide bonds. The molecule has 1 aliphatic heterocycles. The number of carbonyl (C=O) groups is 2. The molecule has 0 spiro atoms. The number of nitrogens with zero attached hydrogens (tertiary/aromatic N) is 3. The molecule has 1 N–H and O–H groups in total. The maximum Gasteiger partial charge on any atom is 0.330 e. The Morgan fingerprint density at radius 2 is 1.48 bits per heavy atom. The van der Waals surface area contributed by atoms with Crippen molar-refractivity contribution in [3.8, 4) is 0 Å². The van der Waals surface area contributed by atoms with Crippen molar-refractivity contribution < 1.29 is 14.4 Å². The summed E-state index contributed by atoms with van der Waals surface area (Å²) in [7, 11) is 3.96. The number of amides is 1. The maximum atomic E-state index is 12.6. The highest BCUT2D eigenvalue weighted by atomic mass is 16.7. The number of rotatable bonds is 5. The average molecular weight is 425 g/mol. The van der Waals surface area contributed by atoms with Gasteiger partial charge in [0.2, 0.25) is 0 Å². The molecule has 1 fully saturated rings. The van der Waals surface area contributed by atoms with Crippen LogP contribution in [0.5, 0.6) is 0 Å². The highest BCUT2D eigenvalue weighted by molar-refractivity contribution is 6.04. The van der Waals surface area contributed by atoms with Gasteiger partial charge in [0.05, 0.1) is 18.5 Å². The van der Waals surface area contributed by atoms with Crippen molar-refractivity contribution in [3.05, 3.63) is 54.1 Å². The van der Waals surface area contributed by atoms with Gasteiger partial charge in [0.1, 0.15) is 0 Å². The van der Waals surface area contributed by atoms with E-state index >= 15 is 0 Å². The van der Waals surface area contributed by atoms with E-state index in [9.17, 15) is 9.59 Å². The second kappa shape index (κ2) is 9.39. The molecule has 166 valence electrons. The summed E-state index contributed by atoms with van der Waals surface area (Å²) in [4.78, 5) is 34.3. The molecule has 2 aromatic rings. The zero-order chi connectivity index (χ0) is 22.6. The molecule has 0 bridgehead atoms. The lowest BCUT2D eigenvalue weighted by atomic mass is 9.98. The number of nitrogens with one attached hydrogen (secondary N) is 1. The minimum atomic E-state index is -0.512. The SMILES string of the molecule is CN(C)c1ccc(NC(=O)c2ccc(N3CCN(OC(=O)C(C)(C)C)CC3)cc2)cc1. The van der Waals surface area contributed by atoms with Crippen molar-refractivity contribution in [1.29, 1.82) is 0 Å². The standard InChI is InChI=1S/C24H32N4O3/c1-24(2,3)23(30)31-28-16-14-27(15-17-28)21-10-6-18(7-11-21)22(29)25-19-8-12-20(13-9-19)26(4)5/h6-13H,14-17H2,1-5H3,(H,25,29). The van der Waals surface area contributed by atoms with E-state index < -0.39 is 5.41 Å². The van der Waals surface area contributed by atoms with Gasteiger partial charge in [-0.05, 0) is 69.3 Å². The summed E-state index contributed by atoms with van der Waals surface area (Å²) >= 11 is 0. The first-order valence-corrected chi connectivity index (χ1v) is 10.5. The first-order chi connectivity index (χ1) is 14.6. The van der Waals surface area contributed by atoms with Gasteiger partial charge in [0.15, 0.2) is 0 Å². The normalized spacial score (nSPS) is 14.8. The molecule has 2 aromatic carbocycles. The number of hydrogen-bond donors (Lipinski definition) is 1. The highest BCUT2D eigenvalue weighted by Crippen LogP contribution is 2.21. The summed E-state index contributed by atoms with van der Waals surface area (Å²) in [5.74, 6) is -0.351. The van der Waals surface area contributed by atoms with Crippen LogP contribution in [0.15, 0.2) is 48.5 Å². The Labute approximate surface area is 184 Å². The van der Waals surface area contributed by atoms with Crippen LogP contribution in [0, 0.1) is 5.41 Å². The van der Waals surface area contributed by atoms with Crippen LogP contribution in [-0.4, -0.2) is 57.2 Å². The molecule has 0 radical (unpaired) electrons. The molecular weight excluding hydrogens is 392 g/mol. The predicted octanol–water partition coefficient (Wildman–Crippen LogP) is 3.63. The third-order valence-electron chi connectivity index (χ3n) is 5.20. The molecule has 7 heteroatoms. The van der Waals surface area contributed by atoms with Crippen molar-refractivity contribution in [2.24, 2.45) is 5.41 Å². The fourth-order valence-corrected chi connectivity index (χ4v) is 3.16. The Morgan fingerprint density at radius 1 is 0.903 bits per heavy atom. The monoisotopic (exact) mass is 424 g/mol. The topological polar surface area (TPSA) is 65.1 Å². The Kier molecular flexibility index (Phi) is 6.85. The Bertz CT molecular complexity index is 894. The minimum Gasteiger partial charge on any atom is -0.378 e. The van der Waals surface area contributed by atoms with Gasteiger partial charge in [-0.1, -0.05) is 0 Å². The van der Waals surface area contributed by atoms with Gasteiger partial charge >= 0.3 is 5.97 Å². The fraction of sp³-hybridized carbons (Fsp3) is 0.417. The van der Waals surface area contributed by atoms with E-state index in [1.54, 1.807) is 5.06 Å². The lowest BCUT2D eigenvalue weighted by molar-refractivity contribution is -0.201. The molecule has 0 aliphatic carbocycles. The van der Waals surface area contributed by atoms with E-state index in [2.05, 4.69) is 10.2 Å². The molecule has 7 nitrogen and oxygen atoms in total. The summed E-state index contributed by atoms with van der Waals surface area (Å²) in [6, 6.07) is 15.3. The van der Waals surface area contributed by atoms with Gasteiger partial charge in [0.25, 0.3) is 5.91 Å². The largest absolute Gasteiger partial charge is 0.378 e. The summed E-state index contributed by atoms with van der Waals surface area (Å²) in [5, 5.41) is 4.66. The molecular formula is C24H32N4O3. The summed E-state index contributed by atoms with van der Waals surface area (Å²) < 4.78 is 0. The van der Waals surface area contributed by atoms with Crippen molar-refractivity contribution in [3.63, 3.8) is 0 Å². The third kappa shape index (κ3) is 5.98. The number of hydroxylamine groups is 2. The summed E-state index contributed by atoms with van der Waals surface area (Å²) in [6.07, 6.45) is 0. The molecule has 0 aromatic heterocycles. The van der Waals surface area contributed by atoms with Gasteiger partial charge in [0, 0.05) is 49.8 Å². The first-order valence-electron chi connectivity index (χ1n) is 10.5. The average Bonchev–Trinajstić information content (AvgIpc) is 2.74. The van der Waals surface area contributed by atoms with Crippen LogP contribution in [0.3, 0.4) is 0 Å². The van der Waals surface area contributed by atoms with Gasteiger partial charge in [-0.2, -0.15) is 0 Å². The molecule has 1 saturated heterocycles. The third-order valence-corrected chi connectivity index (χ3v) is 5.20. The van der Waals surface area contributed by atoms with E-state index in [1.165, 1.54) is 0 Å². The molecule has 1 aliphatic rings. The van der Waals surface area contributed by atoms with Crippen molar-refractivity contribution >= 4 is 28.9 Å². The van der Waals surface area contributed by atoms with Gasteiger partial charge < -0.3 is 20.0 Å². The van der Waals surface area contributed by atoms with E-state index in [0.29, 0.717) is 18.7 Å². The molecule has 0 unspecified atom stereocenters. The van der Waals surface area contributed by atoms with Crippen LogP contribution in [0.4, 0.5) is 17.1 Å². The Balaban J connectivity index is 1.53. The molecule has 0 saturated carbocycles. The lowest BCUT2D eigenvalue weighted by Crippen LogP contribution is -2.48. The van der Waals surface area contributed by atoms with E-state index in [4.69, 9.17) is 4.84 Å². The van der Waals surface area contributed by atoms with Crippen LogP contribution >= 0.6 is 0 Å². The van der Waals surface area contributed by atoms with Crippen LogP contribution < -0.4 is 15.1 Å². The first kappa shape index (κ1) is 22.6. The van der Waals surface area contributed by atoms with Crippen LogP contribution in [0.2, 0.25) is 0 Å². The molecule has 3 rings (SSSR count). The molecule has 31 heavy (non-hydrogen) atoms. The second-order valence-electron chi connectivity index (χ2n) is 8.99. The number of carbonyl (C=O) groups excluding carboxylic acids is 2. The van der Waals surface area contributed by atoms with Crippen molar-refractivity contribution in [1.82, 2.24) is 5.06 Å². The lowest BCUT2D eigenvalue weighted by Gasteiger charge is -2.35. The van der Waals surface area contributed by atoms with E-state index in [-0.39, 0.29) is 11.9 Å². The van der Waals surface area contributed by atoms with Gasteiger partial charge in [-0.3, -0.25) is 4.79 Å². The van der Waals surface area contributed by atoms with Crippen LogP contribution in [-0.2, 0) is 9.63 Å². The predicted molar refractivity (Wildman–Crippen MR) is 124 cm³/mol. The number of piperazine rings is 1. The number of anilines is 3. The molecule has 1 heterocycles. The van der Waals surface area contributed by atoms with E-state index in [0.717, 1.165) is 30.2 Å². The number of benzene rings is 2. The van der Waals surface area contributed by atoms with Crippen LogP contribution in [0.1, 0.15) is 31.1 Å². The summed E-state index contributed by atoms with van der Waals surface area (Å²) in [5.41, 5.74) is 2.99. The zero-order valence-electron chi connectivity index (χ0n) is 19.0. The molecule has 0 atom stereocenters. The summed E-state index contributed by atoms with van der Waals surface area (Å²) in [6.45, 7) is 8.34. The zero-order valence-corrected chi connectivity index (χ0v) is 19.0. The Morgan fingerprint density at radius 3 is 2.00 bits per heavy atom. The maximum absolute atomic E-state index is 12.6. The highest BCUT2D eigenvalue weighted by Gasteiger charge is 2.28. The quantitative estimate of drug-likeness (QED) is 0.791. The van der Waals surface area contributed by atoms with Crippen LogP contribution in [0.25, 0.3) is 0 Å². The van der Waals surface area contributed by atoms with Crippen molar-refractivity contribution in [2.45, 2.75) is 20.8 Å². The van der Waals surface area contributed by atoms with E-state index in [1.807, 2.05) is 88.3 Å². The second-order valence-corrected chi connectivity index (χ2v) is 8.99. The minimum absolute atomic E-state index is 0.136. The smallest absolute Gasteiger partial charge is 0.330 e. The number of hydrogen-bond acceptors (Lipinski definition) is 6. The van der Waals surface area contributed by atoms with Gasteiger partial charge in [-0.25, -0.2) is 4.79 Å². The fourth-order valence-electron chi connectivity index (χ4n) is 3.16.